The summed E-state index contributed by atoms with van der Waals surface area (Å²) >= 11 is 0. The maximum atomic E-state index is 14.1. The van der Waals surface area contributed by atoms with E-state index in [1.807, 2.05) is 0 Å². The van der Waals surface area contributed by atoms with Crippen molar-refractivity contribution in [3.05, 3.63) is 30.2 Å². The Morgan fingerprint density at radius 2 is 2.14 bits per heavy atom. The Kier molecular flexibility index (Phi) is 3.25. The fraction of sp³-hybridized carbons (Fsp3) is 0.467. The molecule has 1 aliphatic carbocycles. The van der Waals surface area contributed by atoms with Crippen molar-refractivity contribution in [3.8, 4) is 0 Å². The summed E-state index contributed by atoms with van der Waals surface area (Å²) in [5, 5.41) is 0.136. The number of hydrogen-bond acceptors (Lipinski definition) is 3. The highest BCUT2D eigenvalue weighted by molar-refractivity contribution is 7.89. The van der Waals surface area contributed by atoms with E-state index in [4.69, 9.17) is 4.74 Å². The number of sulfonamides is 1. The van der Waals surface area contributed by atoms with E-state index < -0.39 is 15.8 Å². The number of benzene rings is 1. The highest BCUT2D eigenvalue weighted by atomic mass is 32.2. The fourth-order valence-electron chi connectivity index (χ4n) is 3.07. The largest absolute Gasteiger partial charge is 0.375 e. The van der Waals surface area contributed by atoms with Gasteiger partial charge in [-0.3, -0.25) is 0 Å². The average Bonchev–Trinajstić information content (AvgIpc) is 3.26. The number of halogens is 1. The van der Waals surface area contributed by atoms with Crippen molar-refractivity contribution in [2.45, 2.75) is 23.8 Å². The van der Waals surface area contributed by atoms with Crippen LogP contribution >= 0.6 is 0 Å². The second kappa shape index (κ2) is 5.04. The SMILES string of the molecule is O=S(=O)(c1c[nH]c2cccc(F)c12)N1CCOC(C2CC2)C1. The van der Waals surface area contributed by atoms with Crippen molar-refractivity contribution in [2.24, 2.45) is 5.92 Å². The molecule has 1 N–H and O–H groups in total. The van der Waals surface area contributed by atoms with Crippen molar-refractivity contribution in [3.63, 3.8) is 0 Å². The van der Waals surface area contributed by atoms with E-state index >= 15 is 0 Å². The molecule has 1 aliphatic heterocycles. The molecule has 7 heteroatoms. The number of aromatic nitrogens is 1. The maximum Gasteiger partial charge on any atom is 0.245 e. The Morgan fingerprint density at radius 3 is 2.91 bits per heavy atom. The van der Waals surface area contributed by atoms with Gasteiger partial charge in [-0.15, -0.1) is 0 Å². The van der Waals surface area contributed by atoms with Gasteiger partial charge < -0.3 is 9.72 Å². The number of fused-ring (bicyclic) bond motifs is 1. The fourth-order valence-corrected chi connectivity index (χ4v) is 4.68. The number of nitrogens with one attached hydrogen (secondary N) is 1. The van der Waals surface area contributed by atoms with Crippen LogP contribution in [0, 0.1) is 11.7 Å². The first-order chi connectivity index (χ1) is 10.6. The van der Waals surface area contributed by atoms with E-state index in [1.54, 1.807) is 12.1 Å². The van der Waals surface area contributed by atoms with Crippen molar-refractivity contribution >= 4 is 20.9 Å². The molecule has 2 aliphatic rings. The Hall–Kier alpha value is -1.44. The van der Waals surface area contributed by atoms with Gasteiger partial charge >= 0.3 is 0 Å². The number of rotatable bonds is 3. The molecule has 0 amide bonds. The Balaban J connectivity index is 1.72. The van der Waals surface area contributed by atoms with E-state index in [2.05, 4.69) is 4.98 Å². The van der Waals surface area contributed by atoms with Crippen LogP contribution in [-0.2, 0) is 14.8 Å². The first-order valence-corrected chi connectivity index (χ1v) is 8.89. The smallest absolute Gasteiger partial charge is 0.245 e. The molecule has 118 valence electrons. The molecule has 1 aromatic carbocycles. The van der Waals surface area contributed by atoms with Crippen LogP contribution in [0.25, 0.3) is 10.9 Å². The molecule has 22 heavy (non-hydrogen) atoms. The number of aromatic amines is 1. The zero-order valence-electron chi connectivity index (χ0n) is 12.0. The monoisotopic (exact) mass is 324 g/mol. The summed E-state index contributed by atoms with van der Waals surface area (Å²) in [4.78, 5) is 2.85. The van der Waals surface area contributed by atoms with Crippen LogP contribution < -0.4 is 0 Å². The minimum absolute atomic E-state index is 0.0112. The topological polar surface area (TPSA) is 62.4 Å². The summed E-state index contributed by atoms with van der Waals surface area (Å²) < 4.78 is 46.9. The molecule has 0 radical (unpaired) electrons. The minimum Gasteiger partial charge on any atom is -0.375 e. The normalized spacial score (nSPS) is 24.0. The van der Waals surface area contributed by atoms with Gasteiger partial charge in [0.25, 0.3) is 0 Å². The van der Waals surface area contributed by atoms with Crippen LogP contribution in [0.15, 0.2) is 29.3 Å². The summed E-state index contributed by atoms with van der Waals surface area (Å²) in [7, 11) is -3.72. The zero-order valence-corrected chi connectivity index (χ0v) is 12.8. The van der Waals surface area contributed by atoms with Gasteiger partial charge in [-0.25, -0.2) is 12.8 Å². The van der Waals surface area contributed by atoms with Crippen molar-refractivity contribution < 1.29 is 17.5 Å². The van der Waals surface area contributed by atoms with E-state index in [-0.39, 0.29) is 16.4 Å². The van der Waals surface area contributed by atoms with Gasteiger partial charge in [0.1, 0.15) is 10.7 Å². The number of ether oxygens (including phenoxy) is 1. The highest BCUT2D eigenvalue weighted by Gasteiger charge is 2.39. The second-order valence-electron chi connectivity index (χ2n) is 5.93. The molecule has 1 saturated carbocycles. The number of hydrogen-bond donors (Lipinski definition) is 1. The molecular formula is C15H17FN2O3S. The summed E-state index contributed by atoms with van der Waals surface area (Å²) in [6, 6.07) is 4.51. The maximum absolute atomic E-state index is 14.1. The third-order valence-electron chi connectivity index (χ3n) is 4.44. The molecule has 0 bridgehead atoms. The number of nitrogens with zero attached hydrogens (tertiary/aromatic N) is 1. The van der Waals surface area contributed by atoms with E-state index in [1.165, 1.54) is 16.6 Å². The van der Waals surface area contributed by atoms with E-state index in [0.717, 1.165) is 12.8 Å². The molecule has 1 aromatic heterocycles. The molecule has 2 aromatic rings. The Labute approximate surface area is 128 Å². The van der Waals surface area contributed by atoms with Crippen molar-refractivity contribution in [1.29, 1.82) is 0 Å². The average molecular weight is 324 g/mol. The summed E-state index contributed by atoms with van der Waals surface area (Å²) in [6.07, 6.45) is 3.55. The van der Waals surface area contributed by atoms with Crippen LogP contribution in [0.3, 0.4) is 0 Å². The molecule has 5 nitrogen and oxygen atoms in total. The van der Waals surface area contributed by atoms with Gasteiger partial charge in [0.05, 0.1) is 18.1 Å². The first kappa shape index (κ1) is 14.2. The van der Waals surface area contributed by atoms with Crippen LogP contribution in [0.1, 0.15) is 12.8 Å². The third kappa shape index (κ3) is 2.24. The molecule has 1 saturated heterocycles. The summed E-state index contributed by atoms with van der Waals surface area (Å²) in [6.45, 7) is 1.06. The van der Waals surface area contributed by atoms with Gasteiger partial charge in [0.15, 0.2) is 0 Å². The Morgan fingerprint density at radius 1 is 1.32 bits per heavy atom. The zero-order chi connectivity index (χ0) is 15.3. The Bertz CT molecular complexity index is 813. The van der Waals surface area contributed by atoms with Crippen LogP contribution in [-0.4, -0.2) is 43.5 Å². The minimum atomic E-state index is -3.72. The van der Waals surface area contributed by atoms with Gasteiger partial charge in [-0.2, -0.15) is 4.31 Å². The quantitative estimate of drug-likeness (QED) is 0.940. The second-order valence-corrected chi connectivity index (χ2v) is 7.83. The van der Waals surface area contributed by atoms with Gasteiger partial charge in [0.2, 0.25) is 10.0 Å². The molecule has 2 heterocycles. The van der Waals surface area contributed by atoms with E-state index in [0.29, 0.717) is 31.1 Å². The number of H-pyrrole nitrogens is 1. The molecule has 1 unspecified atom stereocenters. The molecule has 4 rings (SSSR count). The van der Waals surface area contributed by atoms with Gasteiger partial charge in [-0.1, -0.05) is 6.07 Å². The highest BCUT2D eigenvalue weighted by Crippen LogP contribution is 2.37. The third-order valence-corrected chi connectivity index (χ3v) is 6.33. The predicted octanol–water partition coefficient (Wildman–Crippen LogP) is 2.11. The number of morpholine rings is 1. The summed E-state index contributed by atoms with van der Waals surface area (Å²) in [5.41, 5.74) is 0.491. The molecule has 0 spiro atoms. The standard InChI is InChI=1S/C15H17FN2O3S/c16-11-2-1-3-12-15(11)14(8-17-12)22(19,20)18-6-7-21-13(9-18)10-4-5-10/h1-3,8,10,13,17H,4-7,9H2. The van der Waals surface area contributed by atoms with Crippen molar-refractivity contribution in [1.82, 2.24) is 9.29 Å². The molecule has 1 atom stereocenters. The lowest BCUT2D eigenvalue weighted by Gasteiger charge is -2.32. The lowest BCUT2D eigenvalue weighted by Crippen LogP contribution is -2.46. The van der Waals surface area contributed by atoms with Crippen LogP contribution in [0.5, 0.6) is 0 Å². The van der Waals surface area contributed by atoms with Crippen molar-refractivity contribution in [2.75, 3.05) is 19.7 Å². The van der Waals surface area contributed by atoms with Gasteiger partial charge in [0, 0.05) is 24.8 Å². The molecule has 2 fully saturated rings. The van der Waals surface area contributed by atoms with E-state index in [9.17, 15) is 12.8 Å². The van der Waals surface area contributed by atoms with Gasteiger partial charge in [-0.05, 0) is 30.9 Å². The van der Waals surface area contributed by atoms with Crippen LogP contribution in [0.4, 0.5) is 4.39 Å². The molecular weight excluding hydrogens is 307 g/mol. The summed E-state index contributed by atoms with van der Waals surface area (Å²) in [5.74, 6) is -0.0537. The lowest BCUT2D eigenvalue weighted by molar-refractivity contribution is -0.0134. The van der Waals surface area contributed by atoms with Crippen LogP contribution in [0.2, 0.25) is 0 Å². The first-order valence-electron chi connectivity index (χ1n) is 7.45. The lowest BCUT2D eigenvalue weighted by atomic mass is 10.2. The predicted molar refractivity (Wildman–Crippen MR) is 79.5 cm³/mol.